The summed E-state index contributed by atoms with van der Waals surface area (Å²) in [5.74, 6) is 1.90. The van der Waals surface area contributed by atoms with Gasteiger partial charge in [0.05, 0.1) is 20.8 Å². The predicted molar refractivity (Wildman–Crippen MR) is 98.7 cm³/mol. The number of carbonyl (C=O) groups excluding carboxylic acids is 1. The van der Waals surface area contributed by atoms with Crippen molar-refractivity contribution in [1.82, 2.24) is 0 Å². The molecule has 0 fully saturated rings. The van der Waals surface area contributed by atoms with Gasteiger partial charge in [-0.25, -0.2) is 0 Å². The highest BCUT2D eigenvalue weighted by Gasteiger charge is 2.18. The van der Waals surface area contributed by atoms with Crippen molar-refractivity contribution in [3.8, 4) is 17.2 Å². The fraction of sp³-hybridized carbons (Fsp3) is 0.316. The maximum atomic E-state index is 12.7. The number of carbonyl (C=O) groups is 1. The molecule has 0 bridgehead atoms. The van der Waals surface area contributed by atoms with Gasteiger partial charge in [0.15, 0.2) is 5.52 Å². The molecule has 1 unspecified atom stereocenters. The second-order valence-corrected chi connectivity index (χ2v) is 6.50. The van der Waals surface area contributed by atoms with Crippen LogP contribution in [-0.2, 0) is 0 Å². The van der Waals surface area contributed by atoms with E-state index in [-0.39, 0.29) is 14.1 Å². The van der Waals surface area contributed by atoms with E-state index in [1.165, 1.54) is 0 Å². The highest BCUT2D eigenvalue weighted by atomic mass is 31.1. The lowest BCUT2D eigenvalue weighted by Gasteiger charge is -2.12. The Kier molecular flexibility index (Phi) is 7.07. The van der Waals surface area contributed by atoms with Crippen molar-refractivity contribution >= 4 is 19.4 Å². The molecule has 24 heavy (non-hydrogen) atoms. The lowest BCUT2D eigenvalue weighted by atomic mass is 10.2. The summed E-state index contributed by atoms with van der Waals surface area (Å²) >= 11 is 0. The van der Waals surface area contributed by atoms with Gasteiger partial charge in [0, 0.05) is 0 Å². The summed E-state index contributed by atoms with van der Waals surface area (Å²) in [6.07, 6.45) is 2.14. The van der Waals surface area contributed by atoms with Crippen LogP contribution >= 0.6 is 8.58 Å². The van der Waals surface area contributed by atoms with Crippen LogP contribution in [-0.4, -0.2) is 26.4 Å². The summed E-state index contributed by atoms with van der Waals surface area (Å²) in [7, 11) is 3.10. The third kappa shape index (κ3) is 4.72. The molecule has 2 aromatic rings. The molecule has 0 aliphatic heterocycles. The molecule has 0 N–H and O–H groups in total. The van der Waals surface area contributed by atoms with Crippen molar-refractivity contribution in [3.05, 3.63) is 48.0 Å². The Morgan fingerprint density at radius 3 is 2.17 bits per heavy atom. The molecule has 0 amide bonds. The van der Waals surface area contributed by atoms with Crippen molar-refractivity contribution in [2.24, 2.45) is 0 Å². The van der Waals surface area contributed by atoms with Gasteiger partial charge in [0.2, 0.25) is 0 Å². The molecule has 0 aliphatic rings. The number of methoxy groups -OCH3 is 2. The average molecular weight is 346 g/mol. The number of ether oxygens (including phenoxy) is 3. The minimum Gasteiger partial charge on any atom is -0.496 e. The number of unbranched alkanes of at least 4 members (excludes halogenated alkanes) is 1. The highest BCUT2D eigenvalue weighted by molar-refractivity contribution is 7.66. The second kappa shape index (κ2) is 9.29. The number of hydrogen-bond donors (Lipinski definition) is 0. The molecule has 0 aromatic heterocycles. The first-order valence-electron chi connectivity index (χ1n) is 7.94. The Hall–Kier alpha value is -2.06. The smallest absolute Gasteiger partial charge is 0.193 e. The zero-order valence-electron chi connectivity index (χ0n) is 14.3. The van der Waals surface area contributed by atoms with E-state index in [9.17, 15) is 4.79 Å². The molecule has 0 saturated heterocycles. The van der Waals surface area contributed by atoms with Crippen LogP contribution in [0.5, 0.6) is 17.2 Å². The van der Waals surface area contributed by atoms with Gasteiger partial charge in [-0.3, -0.25) is 4.79 Å². The minimum absolute atomic E-state index is 0.00118. The van der Waals surface area contributed by atoms with Crippen LogP contribution in [0.4, 0.5) is 0 Å². The van der Waals surface area contributed by atoms with Crippen molar-refractivity contribution in [3.63, 3.8) is 0 Å². The van der Waals surface area contributed by atoms with Crippen molar-refractivity contribution in [2.45, 2.75) is 19.8 Å². The molecule has 0 saturated carbocycles. The maximum absolute atomic E-state index is 12.7. The van der Waals surface area contributed by atoms with Crippen LogP contribution in [0.3, 0.4) is 0 Å². The summed E-state index contributed by atoms with van der Waals surface area (Å²) in [5, 5.41) is 0.954. The minimum atomic E-state index is -0.0102. The van der Waals surface area contributed by atoms with Crippen LogP contribution in [0, 0.1) is 0 Å². The SMILES string of the molecule is CCCCOc1ccc(PC(=O)c2c(OC)cccc2OC)cc1. The van der Waals surface area contributed by atoms with E-state index in [1.54, 1.807) is 32.4 Å². The molecule has 0 spiro atoms. The quantitative estimate of drug-likeness (QED) is 0.508. The lowest BCUT2D eigenvalue weighted by Crippen LogP contribution is -2.05. The zero-order chi connectivity index (χ0) is 17.4. The predicted octanol–water partition coefficient (Wildman–Crippen LogP) is 4.03. The van der Waals surface area contributed by atoms with E-state index >= 15 is 0 Å². The molecule has 0 heterocycles. The van der Waals surface area contributed by atoms with E-state index in [0.717, 1.165) is 30.5 Å². The first kappa shape index (κ1) is 18.3. The van der Waals surface area contributed by atoms with E-state index in [2.05, 4.69) is 6.92 Å². The lowest BCUT2D eigenvalue weighted by molar-refractivity contribution is 0.108. The van der Waals surface area contributed by atoms with E-state index in [4.69, 9.17) is 14.2 Å². The maximum Gasteiger partial charge on any atom is 0.193 e. The van der Waals surface area contributed by atoms with Gasteiger partial charge >= 0.3 is 0 Å². The highest BCUT2D eigenvalue weighted by Crippen LogP contribution is 2.33. The molecule has 0 aliphatic carbocycles. The third-order valence-electron chi connectivity index (χ3n) is 3.53. The normalized spacial score (nSPS) is 10.8. The molecule has 5 heteroatoms. The Morgan fingerprint density at radius 2 is 1.62 bits per heavy atom. The topological polar surface area (TPSA) is 44.8 Å². The molecule has 1 atom stereocenters. The van der Waals surface area contributed by atoms with Crippen molar-refractivity contribution in [1.29, 1.82) is 0 Å². The summed E-state index contributed by atoms with van der Waals surface area (Å²) in [6.45, 7) is 2.85. The van der Waals surface area contributed by atoms with Gasteiger partial charge in [-0.05, 0) is 44.6 Å². The third-order valence-corrected chi connectivity index (χ3v) is 4.63. The standard InChI is InChI=1S/C19H23O4P/c1-4-5-13-23-14-9-11-15(12-10-14)24-19(20)18-16(21-2)7-6-8-17(18)22-3/h6-12,24H,4-5,13H2,1-3H3. The number of hydrogen-bond acceptors (Lipinski definition) is 4. The molecule has 2 rings (SSSR count). The molecule has 2 aromatic carbocycles. The Morgan fingerprint density at radius 1 is 1.00 bits per heavy atom. The summed E-state index contributed by atoms with van der Waals surface area (Å²) in [5.41, 5.74) is 0.480. The second-order valence-electron chi connectivity index (χ2n) is 5.22. The Bertz CT molecular complexity index is 645. The van der Waals surface area contributed by atoms with Gasteiger partial charge in [-0.1, -0.05) is 31.5 Å². The molecular weight excluding hydrogens is 323 g/mol. The van der Waals surface area contributed by atoms with Crippen LogP contribution < -0.4 is 19.5 Å². The Labute approximate surface area is 144 Å². The fourth-order valence-corrected chi connectivity index (χ4v) is 3.20. The van der Waals surface area contributed by atoms with Crippen LogP contribution in [0.15, 0.2) is 42.5 Å². The molecule has 128 valence electrons. The Balaban J connectivity index is 2.10. The average Bonchev–Trinajstić information content (AvgIpc) is 2.62. The first-order chi connectivity index (χ1) is 11.7. The first-order valence-corrected chi connectivity index (χ1v) is 8.94. The van der Waals surface area contributed by atoms with Gasteiger partial charge < -0.3 is 14.2 Å². The van der Waals surface area contributed by atoms with E-state index in [0.29, 0.717) is 17.1 Å². The summed E-state index contributed by atoms with van der Waals surface area (Å²) < 4.78 is 16.3. The molecule has 0 radical (unpaired) electrons. The fourth-order valence-electron chi connectivity index (χ4n) is 2.24. The van der Waals surface area contributed by atoms with Gasteiger partial charge in [-0.15, -0.1) is 0 Å². The van der Waals surface area contributed by atoms with E-state index in [1.807, 2.05) is 24.3 Å². The van der Waals surface area contributed by atoms with E-state index < -0.39 is 0 Å². The number of rotatable bonds is 9. The largest absolute Gasteiger partial charge is 0.496 e. The zero-order valence-corrected chi connectivity index (χ0v) is 15.3. The van der Waals surface area contributed by atoms with Crippen molar-refractivity contribution in [2.75, 3.05) is 20.8 Å². The van der Waals surface area contributed by atoms with Crippen LogP contribution in [0.2, 0.25) is 0 Å². The van der Waals surface area contributed by atoms with Crippen LogP contribution in [0.1, 0.15) is 30.1 Å². The summed E-state index contributed by atoms with van der Waals surface area (Å²) in [6, 6.07) is 13.0. The molecular formula is C19H23O4P. The monoisotopic (exact) mass is 346 g/mol. The van der Waals surface area contributed by atoms with Gasteiger partial charge in [0.1, 0.15) is 22.8 Å². The summed E-state index contributed by atoms with van der Waals surface area (Å²) in [4.78, 5) is 12.7. The van der Waals surface area contributed by atoms with Crippen LogP contribution in [0.25, 0.3) is 0 Å². The molecule has 4 nitrogen and oxygen atoms in total. The van der Waals surface area contributed by atoms with Gasteiger partial charge in [-0.2, -0.15) is 0 Å². The number of benzene rings is 2. The van der Waals surface area contributed by atoms with Gasteiger partial charge in [0.25, 0.3) is 0 Å². The van der Waals surface area contributed by atoms with Crippen molar-refractivity contribution < 1.29 is 19.0 Å².